The maximum absolute atomic E-state index is 12.0. The van der Waals surface area contributed by atoms with Gasteiger partial charge in [-0.2, -0.15) is 0 Å². The van der Waals surface area contributed by atoms with Crippen LogP contribution in [-0.4, -0.2) is 23.5 Å². The fraction of sp³-hybridized carbons (Fsp3) is 0.917. The van der Waals surface area contributed by atoms with E-state index in [1.165, 1.54) is 6.42 Å². The van der Waals surface area contributed by atoms with Crippen LogP contribution in [0.1, 0.15) is 53.4 Å². The fourth-order valence-corrected chi connectivity index (χ4v) is 2.09. The smallest absolute Gasteiger partial charge is 0.240 e. The highest BCUT2D eigenvalue weighted by Gasteiger charge is 2.39. The van der Waals surface area contributed by atoms with E-state index in [2.05, 4.69) is 17.6 Å². The van der Waals surface area contributed by atoms with E-state index < -0.39 is 5.54 Å². The highest BCUT2D eigenvalue weighted by molar-refractivity contribution is 5.86. The van der Waals surface area contributed by atoms with Gasteiger partial charge in [-0.15, -0.1) is 0 Å². The minimum atomic E-state index is -0.452. The molecule has 0 aromatic carbocycles. The maximum atomic E-state index is 12.0. The van der Waals surface area contributed by atoms with Crippen LogP contribution in [-0.2, 0) is 4.79 Å². The number of carbonyl (C=O) groups is 1. The standard InChI is InChI=1S/C12H24N2O/c1-5-12(8-7-9-12)14-10(15)11(3,4)13-6-2/h13H,5-9H2,1-4H3,(H,14,15). The monoisotopic (exact) mass is 212 g/mol. The largest absolute Gasteiger partial charge is 0.349 e. The highest BCUT2D eigenvalue weighted by atomic mass is 16.2. The van der Waals surface area contributed by atoms with Gasteiger partial charge in [0, 0.05) is 5.54 Å². The van der Waals surface area contributed by atoms with Crippen LogP contribution >= 0.6 is 0 Å². The lowest BCUT2D eigenvalue weighted by atomic mass is 9.74. The van der Waals surface area contributed by atoms with Crippen LogP contribution in [0.15, 0.2) is 0 Å². The third-order valence-electron chi connectivity index (χ3n) is 3.55. The quantitative estimate of drug-likeness (QED) is 0.730. The number of hydrogen-bond donors (Lipinski definition) is 2. The number of amides is 1. The van der Waals surface area contributed by atoms with Crippen molar-refractivity contribution in [2.24, 2.45) is 0 Å². The Bertz CT molecular complexity index is 226. The van der Waals surface area contributed by atoms with E-state index in [0.717, 1.165) is 25.8 Å². The summed E-state index contributed by atoms with van der Waals surface area (Å²) in [7, 11) is 0. The average Bonchev–Trinajstić information content (AvgIpc) is 2.10. The number of carbonyl (C=O) groups excluding carboxylic acids is 1. The predicted molar refractivity (Wildman–Crippen MR) is 62.8 cm³/mol. The Hall–Kier alpha value is -0.570. The van der Waals surface area contributed by atoms with E-state index in [1.807, 2.05) is 20.8 Å². The molecule has 0 aliphatic heterocycles. The molecule has 0 aromatic rings. The Morgan fingerprint density at radius 3 is 2.27 bits per heavy atom. The van der Waals surface area contributed by atoms with Crippen molar-refractivity contribution in [3.63, 3.8) is 0 Å². The summed E-state index contributed by atoms with van der Waals surface area (Å²) < 4.78 is 0. The van der Waals surface area contributed by atoms with Crippen LogP contribution in [0.25, 0.3) is 0 Å². The molecule has 1 aliphatic rings. The van der Waals surface area contributed by atoms with Gasteiger partial charge in [-0.3, -0.25) is 4.79 Å². The molecular weight excluding hydrogens is 188 g/mol. The van der Waals surface area contributed by atoms with Crippen molar-refractivity contribution in [1.29, 1.82) is 0 Å². The predicted octanol–water partition coefficient (Wildman–Crippen LogP) is 1.82. The van der Waals surface area contributed by atoms with Gasteiger partial charge in [0.05, 0.1) is 5.54 Å². The summed E-state index contributed by atoms with van der Waals surface area (Å²) in [4.78, 5) is 12.0. The normalized spacial score (nSPS) is 19.5. The molecule has 0 bridgehead atoms. The lowest BCUT2D eigenvalue weighted by molar-refractivity contribution is -0.129. The van der Waals surface area contributed by atoms with Crippen molar-refractivity contribution in [3.05, 3.63) is 0 Å². The molecule has 0 radical (unpaired) electrons. The third kappa shape index (κ3) is 2.71. The lowest BCUT2D eigenvalue weighted by Crippen LogP contribution is -2.61. The van der Waals surface area contributed by atoms with Gasteiger partial charge in [0.2, 0.25) is 5.91 Å². The van der Waals surface area contributed by atoms with E-state index in [-0.39, 0.29) is 11.4 Å². The van der Waals surface area contributed by atoms with Crippen LogP contribution in [0.5, 0.6) is 0 Å². The minimum Gasteiger partial charge on any atom is -0.349 e. The van der Waals surface area contributed by atoms with Crippen LogP contribution in [0.4, 0.5) is 0 Å². The molecule has 3 heteroatoms. The topological polar surface area (TPSA) is 41.1 Å². The van der Waals surface area contributed by atoms with E-state index in [9.17, 15) is 4.79 Å². The Labute approximate surface area is 93.0 Å². The van der Waals surface area contributed by atoms with Gasteiger partial charge >= 0.3 is 0 Å². The Kier molecular flexibility index (Phi) is 3.77. The first-order valence-electron chi connectivity index (χ1n) is 6.03. The molecule has 0 aromatic heterocycles. The first kappa shape index (κ1) is 12.5. The second kappa shape index (κ2) is 4.52. The van der Waals surface area contributed by atoms with Crippen LogP contribution in [0.3, 0.4) is 0 Å². The first-order chi connectivity index (χ1) is 6.96. The second-order valence-corrected chi connectivity index (χ2v) is 5.10. The molecule has 1 aliphatic carbocycles. The van der Waals surface area contributed by atoms with Gasteiger partial charge < -0.3 is 10.6 Å². The molecule has 0 saturated heterocycles. The van der Waals surface area contributed by atoms with Crippen molar-refractivity contribution >= 4 is 5.91 Å². The van der Waals surface area contributed by atoms with Crippen molar-refractivity contribution < 1.29 is 4.79 Å². The second-order valence-electron chi connectivity index (χ2n) is 5.10. The zero-order valence-corrected chi connectivity index (χ0v) is 10.4. The van der Waals surface area contributed by atoms with Crippen molar-refractivity contribution in [2.45, 2.75) is 64.5 Å². The molecule has 1 rings (SSSR count). The molecule has 0 heterocycles. The SMILES string of the molecule is CCNC(C)(C)C(=O)NC1(CC)CCC1. The molecule has 1 saturated carbocycles. The summed E-state index contributed by atoms with van der Waals surface area (Å²) in [6.07, 6.45) is 4.56. The third-order valence-corrected chi connectivity index (χ3v) is 3.55. The number of hydrogen-bond acceptors (Lipinski definition) is 2. The van der Waals surface area contributed by atoms with Crippen molar-refractivity contribution in [1.82, 2.24) is 10.6 Å². The van der Waals surface area contributed by atoms with Gasteiger partial charge in [-0.05, 0) is 46.1 Å². The maximum Gasteiger partial charge on any atom is 0.240 e. The molecule has 0 spiro atoms. The summed E-state index contributed by atoms with van der Waals surface area (Å²) in [5, 5.41) is 6.41. The molecule has 15 heavy (non-hydrogen) atoms. The number of nitrogens with one attached hydrogen (secondary N) is 2. The van der Waals surface area contributed by atoms with Crippen LogP contribution in [0.2, 0.25) is 0 Å². The Morgan fingerprint density at radius 1 is 1.33 bits per heavy atom. The van der Waals surface area contributed by atoms with E-state index in [1.54, 1.807) is 0 Å². The van der Waals surface area contributed by atoms with Gasteiger partial charge in [-0.1, -0.05) is 13.8 Å². The summed E-state index contributed by atoms with van der Waals surface area (Å²) >= 11 is 0. The lowest BCUT2D eigenvalue weighted by Gasteiger charge is -2.44. The zero-order chi connectivity index (χ0) is 11.5. The Balaban J connectivity index is 2.54. The molecule has 0 atom stereocenters. The molecule has 2 N–H and O–H groups in total. The molecule has 1 fully saturated rings. The molecule has 88 valence electrons. The van der Waals surface area contributed by atoms with E-state index in [4.69, 9.17) is 0 Å². The Morgan fingerprint density at radius 2 is 1.93 bits per heavy atom. The summed E-state index contributed by atoms with van der Waals surface area (Å²) in [5.74, 6) is 0.130. The molecular formula is C12H24N2O. The first-order valence-corrected chi connectivity index (χ1v) is 6.03. The molecule has 0 unspecified atom stereocenters. The van der Waals surface area contributed by atoms with Gasteiger partial charge in [0.1, 0.15) is 0 Å². The number of rotatable bonds is 5. The van der Waals surface area contributed by atoms with E-state index in [0.29, 0.717) is 0 Å². The molecule has 3 nitrogen and oxygen atoms in total. The van der Waals surface area contributed by atoms with Crippen molar-refractivity contribution in [3.8, 4) is 0 Å². The van der Waals surface area contributed by atoms with E-state index >= 15 is 0 Å². The van der Waals surface area contributed by atoms with Crippen molar-refractivity contribution in [2.75, 3.05) is 6.54 Å². The average molecular weight is 212 g/mol. The summed E-state index contributed by atoms with van der Waals surface area (Å²) in [6, 6.07) is 0. The van der Waals surface area contributed by atoms with Gasteiger partial charge in [0.25, 0.3) is 0 Å². The van der Waals surface area contributed by atoms with Gasteiger partial charge in [0.15, 0.2) is 0 Å². The minimum absolute atomic E-state index is 0.101. The summed E-state index contributed by atoms with van der Waals surface area (Å²) in [6.45, 7) is 8.87. The van der Waals surface area contributed by atoms with Crippen LogP contribution < -0.4 is 10.6 Å². The zero-order valence-electron chi connectivity index (χ0n) is 10.4. The van der Waals surface area contributed by atoms with Gasteiger partial charge in [-0.25, -0.2) is 0 Å². The summed E-state index contributed by atoms with van der Waals surface area (Å²) in [5.41, 5.74) is -0.351. The molecule has 1 amide bonds. The highest BCUT2D eigenvalue weighted by Crippen LogP contribution is 2.34. The fourth-order valence-electron chi connectivity index (χ4n) is 2.09. The number of likely N-dealkylation sites (N-methyl/N-ethyl adjacent to an activating group) is 1. The van der Waals surface area contributed by atoms with Crippen LogP contribution in [0, 0.1) is 0 Å².